The topological polar surface area (TPSA) is 92.2 Å². The zero-order valence-corrected chi connectivity index (χ0v) is 10.4. The van der Waals surface area contributed by atoms with E-state index < -0.39 is 5.97 Å². The summed E-state index contributed by atoms with van der Waals surface area (Å²) in [4.78, 5) is 30.0. The molecule has 20 heavy (non-hydrogen) atoms. The first-order chi connectivity index (χ1) is 9.65. The van der Waals surface area contributed by atoms with Gasteiger partial charge in [0.05, 0.1) is 18.1 Å². The minimum atomic E-state index is -1.04. The Morgan fingerprint density at radius 2 is 1.95 bits per heavy atom. The van der Waals surface area contributed by atoms with Crippen LogP contribution in [-0.2, 0) is 4.79 Å². The lowest BCUT2D eigenvalue weighted by Gasteiger charge is -2.04. The molecule has 0 bridgehead atoms. The number of aliphatic carboxylic acids is 1. The van der Waals surface area contributed by atoms with Crippen LogP contribution >= 0.6 is 0 Å². The molecule has 0 saturated heterocycles. The Bertz CT molecular complexity index is 654. The molecule has 1 heterocycles. The monoisotopic (exact) mass is 269 g/mol. The van der Waals surface area contributed by atoms with Crippen LogP contribution in [-0.4, -0.2) is 27.0 Å². The Balaban J connectivity index is 2.14. The average Bonchev–Trinajstić information content (AvgIpc) is 2.46. The number of anilines is 1. The molecule has 1 aromatic carbocycles. The van der Waals surface area contributed by atoms with Crippen LogP contribution in [0.3, 0.4) is 0 Å². The van der Waals surface area contributed by atoms with E-state index in [4.69, 9.17) is 5.11 Å². The van der Waals surface area contributed by atoms with E-state index in [1.807, 2.05) is 0 Å². The van der Waals surface area contributed by atoms with Gasteiger partial charge in [-0.2, -0.15) is 0 Å². The summed E-state index contributed by atoms with van der Waals surface area (Å²) < 4.78 is 0. The number of nitrogens with one attached hydrogen (secondary N) is 1. The van der Waals surface area contributed by atoms with Crippen molar-refractivity contribution in [1.29, 1.82) is 0 Å². The minimum Gasteiger partial charge on any atom is -0.478 e. The van der Waals surface area contributed by atoms with Crippen LogP contribution in [0.15, 0.2) is 49.1 Å². The van der Waals surface area contributed by atoms with Crippen molar-refractivity contribution in [3.05, 3.63) is 60.2 Å². The van der Waals surface area contributed by atoms with E-state index in [0.717, 1.165) is 6.08 Å². The van der Waals surface area contributed by atoms with Gasteiger partial charge in [0.15, 0.2) is 0 Å². The van der Waals surface area contributed by atoms with E-state index in [1.165, 1.54) is 24.8 Å². The van der Waals surface area contributed by atoms with Gasteiger partial charge in [0.2, 0.25) is 0 Å². The summed E-state index contributed by atoms with van der Waals surface area (Å²) in [5, 5.41) is 11.2. The summed E-state index contributed by atoms with van der Waals surface area (Å²) in [5.41, 5.74) is 1.54. The molecular weight excluding hydrogens is 258 g/mol. The van der Waals surface area contributed by atoms with E-state index in [9.17, 15) is 9.59 Å². The molecule has 0 fully saturated rings. The fourth-order valence-corrected chi connectivity index (χ4v) is 1.52. The molecule has 2 rings (SSSR count). The molecule has 6 nitrogen and oxygen atoms in total. The molecule has 2 N–H and O–H groups in total. The number of nitrogens with zero attached hydrogens (tertiary/aromatic N) is 2. The first kappa shape index (κ1) is 13.4. The SMILES string of the molecule is O=C(O)/C=C/c1cccc(C(=O)Nc2cncnc2)c1. The van der Waals surface area contributed by atoms with Crippen LogP contribution in [0.1, 0.15) is 15.9 Å². The van der Waals surface area contributed by atoms with E-state index in [1.54, 1.807) is 24.3 Å². The quantitative estimate of drug-likeness (QED) is 0.826. The molecule has 0 aliphatic heterocycles. The van der Waals surface area contributed by atoms with Crippen LogP contribution < -0.4 is 5.32 Å². The highest BCUT2D eigenvalue weighted by Gasteiger charge is 2.06. The van der Waals surface area contributed by atoms with Crippen LogP contribution in [0, 0.1) is 0 Å². The molecule has 100 valence electrons. The maximum Gasteiger partial charge on any atom is 0.328 e. The Morgan fingerprint density at radius 3 is 2.65 bits per heavy atom. The van der Waals surface area contributed by atoms with Gasteiger partial charge in [0, 0.05) is 11.6 Å². The standard InChI is InChI=1S/C14H11N3O3/c18-13(19)5-4-10-2-1-3-11(6-10)14(20)17-12-7-15-9-16-8-12/h1-9H,(H,17,20)(H,18,19)/b5-4+. The van der Waals surface area contributed by atoms with Gasteiger partial charge in [0.1, 0.15) is 6.33 Å². The average molecular weight is 269 g/mol. The van der Waals surface area contributed by atoms with Gasteiger partial charge < -0.3 is 10.4 Å². The van der Waals surface area contributed by atoms with Gasteiger partial charge in [-0.3, -0.25) is 4.79 Å². The second-order valence-electron chi connectivity index (χ2n) is 3.88. The number of carbonyl (C=O) groups excluding carboxylic acids is 1. The van der Waals surface area contributed by atoms with Crippen LogP contribution in [0.25, 0.3) is 6.08 Å². The number of aromatic nitrogens is 2. The third-order valence-electron chi connectivity index (χ3n) is 2.39. The Labute approximate surface area is 114 Å². The zero-order chi connectivity index (χ0) is 14.4. The smallest absolute Gasteiger partial charge is 0.328 e. The molecular formula is C14H11N3O3. The maximum absolute atomic E-state index is 12.0. The second-order valence-corrected chi connectivity index (χ2v) is 3.88. The van der Waals surface area contributed by atoms with E-state index >= 15 is 0 Å². The number of hydrogen-bond donors (Lipinski definition) is 2. The van der Waals surface area contributed by atoms with Crippen molar-refractivity contribution in [2.75, 3.05) is 5.32 Å². The van der Waals surface area contributed by atoms with E-state index in [2.05, 4.69) is 15.3 Å². The lowest BCUT2D eigenvalue weighted by atomic mass is 10.1. The highest BCUT2D eigenvalue weighted by atomic mass is 16.4. The minimum absolute atomic E-state index is 0.314. The van der Waals surface area contributed by atoms with E-state index in [-0.39, 0.29) is 5.91 Å². The summed E-state index contributed by atoms with van der Waals surface area (Å²) in [6.07, 6.45) is 6.78. The molecule has 0 aliphatic carbocycles. The number of amides is 1. The van der Waals surface area contributed by atoms with Crippen LogP contribution in [0.4, 0.5) is 5.69 Å². The highest BCUT2D eigenvalue weighted by Crippen LogP contribution is 2.10. The van der Waals surface area contributed by atoms with Crippen molar-refractivity contribution in [3.8, 4) is 0 Å². The third kappa shape index (κ3) is 3.74. The molecule has 2 aromatic rings. The lowest BCUT2D eigenvalue weighted by Crippen LogP contribution is -2.12. The van der Waals surface area contributed by atoms with Gasteiger partial charge in [-0.25, -0.2) is 14.8 Å². The van der Waals surface area contributed by atoms with Crippen molar-refractivity contribution in [3.63, 3.8) is 0 Å². The predicted octanol–water partition coefficient (Wildman–Crippen LogP) is 1.83. The lowest BCUT2D eigenvalue weighted by molar-refractivity contribution is -0.131. The molecule has 0 saturated carbocycles. The van der Waals surface area contributed by atoms with Crippen molar-refractivity contribution in [1.82, 2.24) is 9.97 Å². The Hall–Kier alpha value is -3.02. The summed E-state index contributed by atoms with van der Waals surface area (Å²) in [6, 6.07) is 6.62. The normalized spacial score (nSPS) is 10.4. The van der Waals surface area contributed by atoms with Crippen molar-refractivity contribution < 1.29 is 14.7 Å². The summed E-state index contributed by atoms with van der Waals surface area (Å²) >= 11 is 0. The number of carbonyl (C=O) groups is 2. The molecule has 0 atom stereocenters. The van der Waals surface area contributed by atoms with Crippen molar-refractivity contribution in [2.24, 2.45) is 0 Å². The van der Waals surface area contributed by atoms with E-state index in [0.29, 0.717) is 16.8 Å². The predicted molar refractivity (Wildman–Crippen MR) is 73.1 cm³/mol. The molecule has 6 heteroatoms. The largest absolute Gasteiger partial charge is 0.478 e. The fourth-order valence-electron chi connectivity index (χ4n) is 1.52. The highest BCUT2D eigenvalue weighted by molar-refractivity contribution is 6.04. The molecule has 0 radical (unpaired) electrons. The number of hydrogen-bond acceptors (Lipinski definition) is 4. The fraction of sp³-hybridized carbons (Fsp3) is 0. The number of carboxylic acids is 1. The first-order valence-electron chi connectivity index (χ1n) is 5.72. The summed E-state index contributed by atoms with van der Waals surface area (Å²) in [5.74, 6) is -1.35. The summed E-state index contributed by atoms with van der Waals surface area (Å²) in [6.45, 7) is 0. The third-order valence-corrected chi connectivity index (χ3v) is 2.39. The van der Waals surface area contributed by atoms with Gasteiger partial charge in [-0.1, -0.05) is 12.1 Å². The Kier molecular flexibility index (Phi) is 4.18. The van der Waals surface area contributed by atoms with Crippen LogP contribution in [0.5, 0.6) is 0 Å². The molecule has 1 aromatic heterocycles. The Morgan fingerprint density at radius 1 is 1.20 bits per heavy atom. The first-order valence-corrected chi connectivity index (χ1v) is 5.72. The number of benzene rings is 1. The molecule has 0 spiro atoms. The number of rotatable bonds is 4. The zero-order valence-electron chi connectivity index (χ0n) is 10.4. The molecule has 0 aliphatic rings. The molecule has 0 unspecified atom stereocenters. The number of carboxylic acid groups (broad SMARTS) is 1. The molecule has 1 amide bonds. The van der Waals surface area contributed by atoms with Crippen molar-refractivity contribution in [2.45, 2.75) is 0 Å². The van der Waals surface area contributed by atoms with Crippen LogP contribution in [0.2, 0.25) is 0 Å². The second kappa shape index (κ2) is 6.24. The van der Waals surface area contributed by atoms with Gasteiger partial charge in [-0.05, 0) is 23.8 Å². The van der Waals surface area contributed by atoms with Gasteiger partial charge >= 0.3 is 5.97 Å². The maximum atomic E-state index is 12.0. The van der Waals surface area contributed by atoms with Crippen molar-refractivity contribution >= 4 is 23.6 Å². The summed E-state index contributed by atoms with van der Waals surface area (Å²) in [7, 11) is 0. The van der Waals surface area contributed by atoms with Gasteiger partial charge in [0.25, 0.3) is 5.91 Å². The van der Waals surface area contributed by atoms with Gasteiger partial charge in [-0.15, -0.1) is 0 Å².